The number of carbonyl (C=O) groups excluding carboxylic acids is 2. The van der Waals surface area contributed by atoms with Gasteiger partial charge in [-0.15, -0.1) is 0 Å². The average Bonchev–Trinajstić information content (AvgIpc) is 2.96. The number of nitrogens with zero attached hydrogens (tertiary/aromatic N) is 1. The molecule has 28 heavy (non-hydrogen) atoms. The van der Waals surface area contributed by atoms with Gasteiger partial charge in [-0.2, -0.15) is 13.4 Å². The van der Waals surface area contributed by atoms with E-state index in [-0.39, 0.29) is 26.7 Å². The Kier molecular flexibility index (Phi) is 5.87. The Hall–Kier alpha value is -2.62. The van der Waals surface area contributed by atoms with Crippen LogP contribution in [0.2, 0.25) is 5.02 Å². The van der Waals surface area contributed by atoms with Crippen LogP contribution < -0.4 is 9.50 Å². The lowest BCUT2D eigenvalue weighted by Gasteiger charge is -2.09. The molecule has 2 aromatic carbocycles. The van der Waals surface area contributed by atoms with Gasteiger partial charge >= 0.3 is 10.1 Å². The minimum Gasteiger partial charge on any atom is -0.377 e. The van der Waals surface area contributed by atoms with Crippen molar-refractivity contribution in [2.75, 3.05) is 0 Å². The molecule has 10 heteroatoms. The van der Waals surface area contributed by atoms with Gasteiger partial charge in [0.25, 0.3) is 5.91 Å². The van der Waals surface area contributed by atoms with E-state index in [9.17, 15) is 18.0 Å². The predicted octanol–water partition coefficient (Wildman–Crippen LogP) is 3.21. The van der Waals surface area contributed by atoms with Gasteiger partial charge in [0.05, 0.1) is 9.93 Å². The highest BCUT2D eigenvalue weighted by atomic mass is 35.5. The second-order valence-corrected chi connectivity index (χ2v) is 8.54. The number of hydrogen-bond acceptors (Lipinski definition) is 6. The molecule has 0 unspecified atom stereocenters. The molecule has 0 bridgehead atoms. The van der Waals surface area contributed by atoms with Crippen LogP contribution >= 0.6 is 23.4 Å². The van der Waals surface area contributed by atoms with Crippen LogP contribution in [0.4, 0.5) is 0 Å². The van der Waals surface area contributed by atoms with Gasteiger partial charge in [-0.25, -0.2) is 0 Å². The molecule has 0 spiro atoms. The summed E-state index contributed by atoms with van der Waals surface area (Å²) >= 11 is 7.16. The molecule has 0 fully saturated rings. The van der Waals surface area contributed by atoms with Crippen molar-refractivity contribution in [3.05, 3.63) is 64.0 Å². The van der Waals surface area contributed by atoms with Crippen LogP contribution in [-0.4, -0.2) is 25.4 Å². The zero-order chi connectivity index (χ0) is 20.3. The van der Waals surface area contributed by atoms with E-state index in [1.54, 1.807) is 24.3 Å². The highest BCUT2D eigenvalue weighted by Crippen LogP contribution is 2.32. The van der Waals surface area contributed by atoms with Crippen molar-refractivity contribution < 1.29 is 22.2 Å². The van der Waals surface area contributed by atoms with E-state index in [0.29, 0.717) is 10.5 Å². The van der Waals surface area contributed by atoms with Gasteiger partial charge in [-0.1, -0.05) is 35.9 Å². The van der Waals surface area contributed by atoms with E-state index in [1.165, 1.54) is 37.3 Å². The highest BCUT2D eigenvalue weighted by molar-refractivity contribution is 8.18. The predicted molar refractivity (Wildman–Crippen MR) is 108 cm³/mol. The maximum absolute atomic E-state index is 12.3. The molecule has 2 aromatic rings. The lowest BCUT2D eigenvalue weighted by molar-refractivity contribution is -0.117. The number of rotatable bonds is 4. The summed E-state index contributed by atoms with van der Waals surface area (Å²) in [7, 11) is -4.02. The molecule has 0 saturated heterocycles. The number of amidine groups is 1. The lowest BCUT2D eigenvalue weighted by atomic mass is 10.2. The maximum atomic E-state index is 12.3. The quantitative estimate of drug-likeness (QED) is 0.583. The summed E-state index contributed by atoms with van der Waals surface area (Å²) in [6, 6.07) is 12.1. The van der Waals surface area contributed by atoms with Crippen molar-refractivity contribution in [1.82, 2.24) is 5.32 Å². The number of amides is 2. The standard InChI is InChI=1S/C18H13ClN2O5S2/c1-11(22)20-18-21-17(23)16(27-18)10-12-7-8-15(14(19)9-12)26-28(24,25)13-5-3-2-4-6-13/h2-10H,1H3,(H,20,21,22,23)/b16-10+. The van der Waals surface area contributed by atoms with Crippen LogP contribution in [0.25, 0.3) is 6.08 Å². The highest BCUT2D eigenvalue weighted by Gasteiger charge is 2.23. The number of aliphatic imine (C=N–C) groups is 1. The van der Waals surface area contributed by atoms with Crippen LogP contribution in [0.1, 0.15) is 12.5 Å². The second kappa shape index (κ2) is 8.17. The Labute approximate surface area is 170 Å². The molecule has 0 saturated carbocycles. The van der Waals surface area contributed by atoms with Gasteiger partial charge in [-0.3, -0.25) is 9.59 Å². The van der Waals surface area contributed by atoms with Crippen LogP contribution in [-0.2, 0) is 19.7 Å². The molecule has 144 valence electrons. The number of benzene rings is 2. The number of halogens is 1. The molecular weight excluding hydrogens is 424 g/mol. The minimum atomic E-state index is -4.02. The van der Waals surface area contributed by atoms with Crippen molar-refractivity contribution in [2.24, 2.45) is 4.99 Å². The summed E-state index contributed by atoms with van der Waals surface area (Å²) < 4.78 is 29.7. The fourth-order valence-electron chi connectivity index (χ4n) is 2.19. The van der Waals surface area contributed by atoms with Gasteiger partial charge in [0, 0.05) is 6.92 Å². The van der Waals surface area contributed by atoms with Crippen LogP contribution in [0, 0.1) is 0 Å². The third-order valence-electron chi connectivity index (χ3n) is 3.39. The molecule has 7 nitrogen and oxygen atoms in total. The molecule has 0 aromatic heterocycles. The van der Waals surface area contributed by atoms with Crippen molar-refractivity contribution >= 4 is 56.5 Å². The van der Waals surface area contributed by atoms with Crippen molar-refractivity contribution in [3.63, 3.8) is 0 Å². The van der Waals surface area contributed by atoms with Gasteiger partial charge in [0.2, 0.25) is 5.91 Å². The van der Waals surface area contributed by atoms with Crippen molar-refractivity contribution in [2.45, 2.75) is 11.8 Å². The molecule has 3 rings (SSSR count). The lowest BCUT2D eigenvalue weighted by Crippen LogP contribution is -2.23. The zero-order valence-corrected chi connectivity index (χ0v) is 16.8. The fraction of sp³-hybridized carbons (Fsp3) is 0.0556. The van der Waals surface area contributed by atoms with Gasteiger partial charge in [0.15, 0.2) is 10.9 Å². The third kappa shape index (κ3) is 4.80. The fourth-order valence-corrected chi connectivity index (χ4v) is 4.29. The molecule has 0 atom stereocenters. The van der Waals surface area contributed by atoms with E-state index in [1.807, 2.05) is 0 Å². The molecule has 0 radical (unpaired) electrons. The maximum Gasteiger partial charge on any atom is 0.339 e. The second-order valence-electron chi connectivity index (χ2n) is 5.55. The molecule has 1 aliphatic heterocycles. The van der Waals surface area contributed by atoms with Crippen molar-refractivity contribution in [3.8, 4) is 5.75 Å². The Balaban J connectivity index is 1.78. The minimum absolute atomic E-state index is 0.00728. The molecule has 2 amide bonds. The summed E-state index contributed by atoms with van der Waals surface area (Å²) in [5, 5.41) is 2.71. The average molecular weight is 437 g/mol. The van der Waals surface area contributed by atoms with Crippen LogP contribution in [0.3, 0.4) is 0 Å². The van der Waals surface area contributed by atoms with Gasteiger partial charge in [-0.05, 0) is 47.7 Å². The van der Waals surface area contributed by atoms with E-state index in [4.69, 9.17) is 15.8 Å². The Morgan fingerprint density at radius 1 is 1.21 bits per heavy atom. The largest absolute Gasteiger partial charge is 0.377 e. The Morgan fingerprint density at radius 3 is 2.57 bits per heavy atom. The van der Waals surface area contributed by atoms with E-state index in [0.717, 1.165) is 11.8 Å². The number of thioether (sulfide) groups is 1. The number of nitrogens with one attached hydrogen (secondary N) is 1. The summed E-state index contributed by atoms with van der Waals surface area (Å²) in [5.74, 6) is -0.852. The Bertz CT molecular complexity index is 1110. The Morgan fingerprint density at radius 2 is 1.93 bits per heavy atom. The van der Waals surface area contributed by atoms with Gasteiger partial charge < -0.3 is 9.50 Å². The summed E-state index contributed by atoms with van der Waals surface area (Å²) in [6.07, 6.45) is 1.53. The van der Waals surface area contributed by atoms with Crippen molar-refractivity contribution in [1.29, 1.82) is 0 Å². The molecule has 0 aliphatic carbocycles. The first-order valence-electron chi connectivity index (χ1n) is 7.84. The third-order valence-corrected chi connectivity index (χ3v) is 5.83. The van der Waals surface area contributed by atoms with E-state index >= 15 is 0 Å². The first-order chi connectivity index (χ1) is 13.2. The topological polar surface area (TPSA) is 102 Å². The van der Waals surface area contributed by atoms with Gasteiger partial charge in [0.1, 0.15) is 4.90 Å². The zero-order valence-electron chi connectivity index (χ0n) is 14.4. The molecule has 1 aliphatic rings. The first-order valence-corrected chi connectivity index (χ1v) is 10.4. The monoisotopic (exact) mass is 436 g/mol. The molecule has 1 N–H and O–H groups in total. The van der Waals surface area contributed by atoms with E-state index < -0.39 is 16.0 Å². The first kappa shape index (κ1) is 20.1. The number of carbonyl (C=O) groups is 2. The van der Waals surface area contributed by atoms with Crippen LogP contribution in [0.5, 0.6) is 5.75 Å². The smallest absolute Gasteiger partial charge is 0.339 e. The normalized spacial score (nSPS) is 15.4. The molecular formula is C18H13ClN2O5S2. The summed E-state index contributed by atoms with van der Waals surface area (Å²) in [4.78, 5) is 27.0. The summed E-state index contributed by atoms with van der Waals surface area (Å²) in [5.41, 5.74) is 0.546. The summed E-state index contributed by atoms with van der Waals surface area (Å²) in [6.45, 7) is 1.32. The van der Waals surface area contributed by atoms with Crippen LogP contribution in [0.15, 0.2) is 63.3 Å². The van der Waals surface area contributed by atoms with E-state index in [2.05, 4.69) is 10.3 Å². The SMILES string of the molecule is CC(=O)NC1=NC(=O)/C(=C\c2ccc(OS(=O)(=O)c3ccccc3)c(Cl)c2)S1. The molecule has 1 heterocycles. The number of hydrogen-bond donors (Lipinski definition) is 1.